The van der Waals surface area contributed by atoms with E-state index in [2.05, 4.69) is 46.1 Å². The molecule has 18 heavy (non-hydrogen) atoms. The van der Waals surface area contributed by atoms with Crippen LogP contribution in [0.5, 0.6) is 0 Å². The fraction of sp³-hybridized carbons (Fsp3) is 0.400. The van der Waals surface area contributed by atoms with Gasteiger partial charge in [0, 0.05) is 31.0 Å². The molecule has 0 saturated carbocycles. The SMILES string of the molecule is CC[C@@H]1Cc2ccccc2CN1Cc1cnc[nH]1. The summed E-state index contributed by atoms with van der Waals surface area (Å²) < 4.78 is 0. The third kappa shape index (κ3) is 2.18. The summed E-state index contributed by atoms with van der Waals surface area (Å²) in [6.45, 7) is 4.29. The Morgan fingerprint density at radius 1 is 1.33 bits per heavy atom. The molecule has 1 aliphatic rings. The summed E-state index contributed by atoms with van der Waals surface area (Å²) in [4.78, 5) is 9.85. The van der Waals surface area contributed by atoms with E-state index in [0.717, 1.165) is 13.1 Å². The van der Waals surface area contributed by atoms with Gasteiger partial charge in [-0.1, -0.05) is 31.2 Å². The Kier molecular flexibility index (Phi) is 3.15. The maximum Gasteiger partial charge on any atom is 0.0922 e. The molecule has 1 aromatic heterocycles. The van der Waals surface area contributed by atoms with Gasteiger partial charge in [-0.3, -0.25) is 4.90 Å². The van der Waals surface area contributed by atoms with Gasteiger partial charge in [-0.05, 0) is 24.0 Å². The molecule has 0 spiro atoms. The highest BCUT2D eigenvalue weighted by Gasteiger charge is 2.24. The van der Waals surface area contributed by atoms with Crippen LogP contribution in [-0.4, -0.2) is 20.9 Å². The van der Waals surface area contributed by atoms with Crippen LogP contribution < -0.4 is 0 Å². The Labute approximate surface area is 108 Å². The highest BCUT2D eigenvalue weighted by atomic mass is 15.2. The molecule has 3 nitrogen and oxygen atoms in total. The molecule has 94 valence electrons. The number of aromatic nitrogens is 2. The van der Waals surface area contributed by atoms with Crippen LogP contribution in [0, 0.1) is 0 Å². The number of H-pyrrole nitrogens is 1. The van der Waals surface area contributed by atoms with Crippen molar-refractivity contribution in [2.45, 2.75) is 38.9 Å². The Bertz CT molecular complexity index is 504. The second-order valence-electron chi connectivity index (χ2n) is 5.02. The molecule has 3 heteroatoms. The molecule has 0 fully saturated rings. The smallest absolute Gasteiger partial charge is 0.0922 e. The molecule has 0 unspecified atom stereocenters. The first-order chi connectivity index (χ1) is 8.86. The average Bonchev–Trinajstić information content (AvgIpc) is 2.91. The fourth-order valence-corrected chi connectivity index (χ4v) is 2.82. The summed E-state index contributed by atoms with van der Waals surface area (Å²) in [5, 5.41) is 0. The van der Waals surface area contributed by atoms with E-state index in [0.29, 0.717) is 6.04 Å². The maximum atomic E-state index is 4.10. The molecule has 2 aromatic rings. The minimum absolute atomic E-state index is 0.642. The molecule has 0 aliphatic carbocycles. The third-order valence-electron chi connectivity index (χ3n) is 3.86. The van der Waals surface area contributed by atoms with Crippen LogP contribution in [0.15, 0.2) is 36.8 Å². The summed E-state index contributed by atoms with van der Waals surface area (Å²) in [5.41, 5.74) is 4.19. The van der Waals surface area contributed by atoms with E-state index in [4.69, 9.17) is 0 Å². The van der Waals surface area contributed by atoms with Crippen LogP contribution in [0.2, 0.25) is 0 Å². The highest BCUT2D eigenvalue weighted by Crippen LogP contribution is 2.25. The molecule has 0 radical (unpaired) electrons. The molecule has 1 aromatic carbocycles. The second-order valence-corrected chi connectivity index (χ2v) is 5.02. The topological polar surface area (TPSA) is 31.9 Å². The van der Waals surface area contributed by atoms with E-state index >= 15 is 0 Å². The zero-order valence-electron chi connectivity index (χ0n) is 10.8. The number of imidazole rings is 1. The number of rotatable bonds is 3. The summed E-state index contributed by atoms with van der Waals surface area (Å²) >= 11 is 0. The maximum absolute atomic E-state index is 4.10. The number of hydrogen-bond acceptors (Lipinski definition) is 2. The zero-order valence-corrected chi connectivity index (χ0v) is 10.8. The van der Waals surface area contributed by atoms with Crippen LogP contribution in [0.3, 0.4) is 0 Å². The number of nitrogens with one attached hydrogen (secondary N) is 1. The second kappa shape index (κ2) is 4.94. The van der Waals surface area contributed by atoms with E-state index < -0.39 is 0 Å². The van der Waals surface area contributed by atoms with Crippen LogP contribution in [0.4, 0.5) is 0 Å². The van der Waals surface area contributed by atoms with Gasteiger partial charge in [-0.25, -0.2) is 4.98 Å². The van der Waals surface area contributed by atoms with Crippen molar-refractivity contribution in [3.63, 3.8) is 0 Å². The van der Waals surface area contributed by atoms with Gasteiger partial charge in [0.15, 0.2) is 0 Å². The predicted octanol–water partition coefficient (Wildman–Crippen LogP) is 2.75. The average molecular weight is 241 g/mol. The Morgan fingerprint density at radius 3 is 2.89 bits per heavy atom. The third-order valence-corrected chi connectivity index (χ3v) is 3.86. The zero-order chi connectivity index (χ0) is 12.4. The quantitative estimate of drug-likeness (QED) is 0.896. The lowest BCUT2D eigenvalue weighted by Crippen LogP contribution is -2.39. The Balaban J connectivity index is 1.82. The Hall–Kier alpha value is -1.61. The fourth-order valence-electron chi connectivity index (χ4n) is 2.82. The van der Waals surface area contributed by atoms with Crippen LogP contribution in [0.25, 0.3) is 0 Å². The lowest BCUT2D eigenvalue weighted by Gasteiger charge is -2.36. The predicted molar refractivity (Wildman–Crippen MR) is 72.1 cm³/mol. The van der Waals surface area contributed by atoms with Gasteiger partial charge in [0.2, 0.25) is 0 Å². The summed E-state index contributed by atoms with van der Waals surface area (Å²) in [7, 11) is 0. The van der Waals surface area contributed by atoms with Crippen LogP contribution >= 0.6 is 0 Å². The van der Waals surface area contributed by atoms with Gasteiger partial charge < -0.3 is 4.98 Å². The van der Waals surface area contributed by atoms with Crippen molar-refractivity contribution >= 4 is 0 Å². The van der Waals surface area contributed by atoms with Crippen LogP contribution in [-0.2, 0) is 19.5 Å². The number of nitrogens with zero attached hydrogens (tertiary/aromatic N) is 2. The molecule has 3 rings (SSSR count). The van der Waals surface area contributed by atoms with E-state index in [-0.39, 0.29) is 0 Å². The standard InChI is InChI=1S/C15H19N3/c1-2-15-7-12-5-3-4-6-13(12)9-18(15)10-14-8-16-11-17-14/h3-6,8,11,15H,2,7,9-10H2,1H3,(H,16,17)/t15-/m1/s1. The summed E-state index contributed by atoms with van der Waals surface area (Å²) in [6, 6.07) is 9.45. The van der Waals surface area contributed by atoms with Gasteiger partial charge in [-0.15, -0.1) is 0 Å². The van der Waals surface area contributed by atoms with E-state index in [1.165, 1.54) is 29.7 Å². The van der Waals surface area contributed by atoms with Crippen molar-refractivity contribution in [1.29, 1.82) is 0 Å². The van der Waals surface area contributed by atoms with Crippen molar-refractivity contribution in [2.24, 2.45) is 0 Å². The van der Waals surface area contributed by atoms with E-state index in [1.54, 1.807) is 6.33 Å². The number of hydrogen-bond donors (Lipinski definition) is 1. The minimum atomic E-state index is 0.642. The van der Waals surface area contributed by atoms with Gasteiger partial charge >= 0.3 is 0 Å². The lowest BCUT2D eigenvalue weighted by atomic mass is 9.92. The molecule has 2 heterocycles. The van der Waals surface area contributed by atoms with Crippen molar-refractivity contribution in [3.05, 3.63) is 53.6 Å². The molecule has 0 amide bonds. The molecule has 0 saturated heterocycles. The van der Waals surface area contributed by atoms with E-state index in [9.17, 15) is 0 Å². The highest BCUT2D eigenvalue weighted by molar-refractivity contribution is 5.30. The Morgan fingerprint density at radius 2 is 2.17 bits per heavy atom. The summed E-state index contributed by atoms with van der Waals surface area (Å²) in [6.07, 6.45) is 6.05. The molecule has 1 atom stereocenters. The van der Waals surface area contributed by atoms with Gasteiger partial charge in [0.1, 0.15) is 0 Å². The number of fused-ring (bicyclic) bond motifs is 1. The van der Waals surface area contributed by atoms with E-state index in [1.807, 2.05) is 6.20 Å². The number of benzene rings is 1. The first-order valence-corrected chi connectivity index (χ1v) is 6.65. The van der Waals surface area contributed by atoms with Gasteiger partial charge in [0.25, 0.3) is 0 Å². The lowest BCUT2D eigenvalue weighted by molar-refractivity contribution is 0.156. The van der Waals surface area contributed by atoms with Gasteiger partial charge in [-0.2, -0.15) is 0 Å². The van der Waals surface area contributed by atoms with Crippen LogP contribution in [0.1, 0.15) is 30.2 Å². The first kappa shape index (κ1) is 11.5. The molecule has 1 N–H and O–H groups in total. The van der Waals surface area contributed by atoms with Crippen molar-refractivity contribution in [1.82, 2.24) is 14.9 Å². The molecular weight excluding hydrogens is 222 g/mol. The monoisotopic (exact) mass is 241 g/mol. The largest absolute Gasteiger partial charge is 0.347 e. The number of aromatic amines is 1. The normalized spacial score (nSPS) is 19.7. The van der Waals surface area contributed by atoms with Crippen molar-refractivity contribution < 1.29 is 0 Å². The molecule has 1 aliphatic heterocycles. The molecule has 0 bridgehead atoms. The minimum Gasteiger partial charge on any atom is -0.347 e. The molecular formula is C15H19N3. The van der Waals surface area contributed by atoms with Crippen molar-refractivity contribution in [3.8, 4) is 0 Å². The first-order valence-electron chi connectivity index (χ1n) is 6.65. The van der Waals surface area contributed by atoms with Gasteiger partial charge in [0.05, 0.1) is 6.33 Å². The van der Waals surface area contributed by atoms with Crippen molar-refractivity contribution in [2.75, 3.05) is 0 Å². The summed E-state index contributed by atoms with van der Waals surface area (Å²) in [5.74, 6) is 0.